The van der Waals surface area contributed by atoms with Crippen LogP contribution in [0.3, 0.4) is 0 Å². The molecule has 0 spiro atoms. The summed E-state index contributed by atoms with van der Waals surface area (Å²) in [5.41, 5.74) is 3.93. The minimum atomic E-state index is 0.924. The molecule has 5 aromatic rings. The molecule has 0 aliphatic heterocycles. The summed E-state index contributed by atoms with van der Waals surface area (Å²) < 4.78 is 6.15. The topological polar surface area (TPSA) is 25.2 Å². The fourth-order valence-electron chi connectivity index (χ4n) is 3.21. The molecule has 0 bridgehead atoms. The van der Waals surface area contributed by atoms with E-state index in [1.54, 1.807) is 0 Å². The van der Waals surface area contributed by atoms with Gasteiger partial charge in [0, 0.05) is 16.5 Å². The van der Waals surface area contributed by atoms with Gasteiger partial charge < -0.3 is 9.73 Å². The van der Waals surface area contributed by atoms with E-state index in [0.717, 1.165) is 22.5 Å². The Bertz CT molecular complexity index is 1090. The maximum Gasteiger partial charge on any atom is 0.159 e. The monoisotopic (exact) mass is 283 g/mol. The van der Waals surface area contributed by atoms with Gasteiger partial charge in [-0.15, -0.1) is 0 Å². The zero-order valence-corrected chi connectivity index (χ0v) is 11.8. The molecule has 0 saturated carbocycles. The van der Waals surface area contributed by atoms with Crippen LogP contribution in [0.15, 0.2) is 77.2 Å². The lowest BCUT2D eigenvalue weighted by molar-refractivity contribution is 0.670. The Morgan fingerprint density at radius 2 is 1.41 bits per heavy atom. The van der Waals surface area contributed by atoms with Crippen molar-refractivity contribution in [2.75, 3.05) is 5.32 Å². The SMILES string of the molecule is c1ccc(Nc2ccc3ccc4cccc5oc2c3c45)cc1. The molecule has 1 aromatic heterocycles. The largest absolute Gasteiger partial charge is 0.454 e. The second-order valence-electron chi connectivity index (χ2n) is 5.55. The van der Waals surface area contributed by atoms with E-state index in [1.807, 2.05) is 30.3 Å². The molecular weight excluding hydrogens is 270 g/mol. The molecule has 0 atom stereocenters. The van der Waals surface area contributed by atoms with Crippen LogP contribution in [0.2, 0.25) is 0 Å². The van der Waals surface area contributed by atoms with Crippen molar-refractivity contribution in [1.29, 1.82) is 0 Å². The van der Waals surface area contributed by atoms with Gasteiger partial charge in [-0.1, -0.05) is 48.5 Å². The third-order valence-electron chi connectivity index (χ3n) is 4.21. The minimum absolute atomic E-state index is 0.924. The van der Waals surface area contributed by atoms with Crippen molar-refractivity contribution < 1.29 is 4.42 Å². The first-order valence-electron chi connectivity index (χ1n) is 7.38. The standard InChI is InChI=1S/C20H13NO/c1-2-6-15(7-3-1)21-16-12-11-14-10-9-13-5-4-8-17-18(13)19(14)20(16)22-17/h1-12,21H. The quantitative estimate of drug-likeness (QED) is 0.407. The van der Waals surface area contributed by atoms with Crippen molar-refractivity contribution in [3.8, 4) is 0 Å². The van der Waals surface area contributed by atoms with Crippen LogP contribution in [0.4, 0.5) is 11.4 Å². The van der Waals surface area contributed by atoms with Gasteiger partial charge in [-0.25, -0.2) is 0 Å². The molecule has 4 aromatic carbocycles. The van der Waals surface area contributed by atoms with Crippen LogP contribution in [0.25, 0.3) is 32.7 Å². The number of rotatable bonds is 2. The van der Waals surface area contributed by atoms with Gasteiger partial charge in [0.2, 0.25) is 0 Å². The van der Waals surface area contributed by atoms with E-state index >= 15 is 0 Å². The van der Waals surface area contributed by atoms with Crippen LogP contribution in [0.1, 0.15) is 0 Å². The zero-order chi connectivity index (χ0) is 14.5. The lowest BCUT2D eigenvalue weighted by Gasteiger charge is -2.08. The first-order chi connectivity index (χ1) is 10.9. The lowest BCUT2D eigenvalue weighted by Crippen LogP contribution is -1.90. The Labute approximate surface area is 127 Å². The smallest absolute Gasteiger partial charge is 0.159 e. The highest BCUT2D eigenvalue weighted by Crippen LogP contribution is 2.40. The zero-order valence-electron chi connectivity index (χ0n) is 11.8. The van der Waals surface area contributed by atoms with E-state index in [4.69, 9.17) is 4.42 Å². The molecule has 5 rings (SSSR count). The molecule has 0 fully saturated rings. The highest BCUT2D eigenvalue weighted by molar-refractivity contribution is 6.23. The van der Waals surface area contributed by atoms with Gasteiger partial charge in [0.25, 0.3) is 0 Å². The fourth-order valence-corrected chi connectivity index (χ4v) is 3.21. The Morgan fingerprint density at radius 1 is 0.636 bits per heavy atom. The van der Waals surface area contributed by atoms with Crippen LogP contribution in [-0.2, 0) is 0 Å². The van der Waals surface area contributed by atoms with Gasteiger partial charge in [0.05, 0.1) is 5.69 Å². The highest BCUT2D eigenvalue weighted by atomic mass is 16.3. The number of anilines is 2. The number of hydrogen-bond donors (Lipinski definition) is 1. The summed E-state index contributed by atoms with van der Waals surface area (Å²) in [5, 5.41) is 8.31. The first-order valence-corrected chi connectivity index (χ1v) is 7.38. The Hall–Kier alpha value is -3.00. The third kappa shape index (κ3) is 1.55. The highest BCUT2D eigenvalue weighted by Gasteiger charge is 2.15. The average molecular weight is 283 g/mol. The van der Waals surface area contributed by atoms with Gasteiger partial charge in [-0.2, -0.15) is 0 Å². The van der Waals surface area contributed by atoms with E-state index in [0.29, 0.717) is 0 Å². The summed E-state index contributed by atoms with van der Waals surface area (Å²) in [6.45, 7) is 0. The number of hydrogen-bond acceptors (Lipinski definition) is 2. The molecule has 104 valence electrons. The van der Waals surface area contributed by atoms with Crippen molar-refractivity contribution in [1.82, 2.24) is 0 Å². The van der Waals surface area contributed by atoms with Crippen molar-refractivity contribution in [2.24, 2.45) is 0 Å². The summed E-state index contributed by atoms with van der Waals surface area (Å²) in [7, 11) is 0. The van der Waals surface area contributed by atoms with Crippen LogP contribution >= 0.6 is 0 Å². The van der Waals surface area contributed by atoms with E-state index in [-0.39, 0.29) is 0 Å². The van der Waals surface area contributed by atoms with Crippen LogP contribution in [0.5, 0.6) is 0 Å². The Morgan fingerprint density at radius 3 is 2.27 bits per heavy atom. The van der Waals surface area contributed by atoms with Gasteiger partial charge in [-0.05, 0) is 35.0 Å². The molecule has 0 aliphatic rings. The molecule has 0 amide bonds. The molecule has 1 N–H and O–H groups in total. The summed E-state index contributed by atoms with van der Waals surface area (Å²) in [4.78, 5) is 0. The first kappa shape index (κ1) is 11.6. The molecular formula is C20H13NO. The van der Waals surface area contributed by atoms with Crippen molar-refractivity contribution in [3.05, 3.63) is 72.8 Å². The Kier molecular flexibility index (Phi) is 2.25. The molecule has 0 aliphatic carbocycles. The van der Waals surface area contributed by atoms with Gasteiger partial charge in [0.1, 0.15) is 5.58 Å². The van der Waals surface area contributed by atoms with Crippen molar-refractivity contribution in [2.45, 2.75) is 0 Å². The van der Waals surface area contributed by atoms with Crippen LogP contribution in [-0.4, -0.2) is 0 Å². The summed E-state index contributed by atoms with van der Waals surface area (Å²) in [6, 6.07) is 24.9. The summed E-state index contributed by atoms with van der Waals surface area (Å²) >= 11 is 0. The predicted octanol–water partition coefficient (Wildman–Crippen LogP) is 5.92. The molecule has 2 heteroatoms. The van der Waals surface area contributed by atoms with Gasteiger partial charge >= 0.3 is 0 Å². The average Bonchev–Trinajstić information content (AvgIpc) is 2.97. The van der Waals surface area contributed by atoms with Gasteiger partial charge in [-0.3, -0.25) is 0 Å². The molecule has 2 nitrogen and oxygen atoms in total. The normalized spacial score (nSPS) is 11.6. The van der Waals surface area contributed by atoms with Crippen molar-refractivity contribution >= 4 is 44.1 Å². The number of benzene rings is 4. The number of furan rings is 1. The molecule has 22 heavy (non-hydrogen) atoms. The fraction of sp³-hybridized carbons (Fsp3) is 0. The molecule has 0 saturated heterocycles. The van der Waals surface area contributed by atoms with Crippen molar-refractivity contribution in [3.63, 3.8) is 0 Å². The second-order valence-corrected chi connectivity index (χ2v) is 5.55. The van der Waals surface area contributed by atoms with Crippen LogP contribution < -0.4 is 5.32 Å². The van der Waals surface area contributed by atoms with E-state index < -0.39 is 0 Å². The maximum absolute atomic E-state index is 6.15. The molecule has 0 radical (unpaired) electrons. The summed E-state index contributed by atoms with van der Waals surface area (Å²) in [6.07, 6.45) is 0. The minimum Gasteiger partial charge on any atom is -0.454 e. The predicted molar refractivity (Wildman–Crippen MR) is 92.1 cm³/mol. The number of para-hydroxylation sites is 1. The number of nitrogens with one attached hydrogen (secondary N) is 1. The third-order valence-corrected chi connectivity index (χ3v) is 4.21. The summed E-state index contributed by atoms with van der Waals surface area (Å²) in [5.74, 6) is 0. The maximum atomic E-state index is 6.15. The Balaban J connectivity index is 1.83. The van der Waals surface area contributed by atoms with Gasteiger partial charge in [0.15, 0.2) is 5.58 Å². The van der Waals surface area contributed by atoms with E-state index in [1.165, 1.54) is 21.5 Å². The molecule has 0 unspecified atom stereocenters. The van der Waals surface area contributed by atoms with E-state index in [2.05, 4.69) is 47.8 Å². The second kappa shape index (κ2) is 4.25. The van der Waals surface area contributed by atoms with E-state index in [9.17, 15) is 0 Å². The van der Waals surface area contributed by atoms with Crippen LogP contribution in [0, 0.1) is 0 Å². The lowest BCUT2D eigenvalue weighted by atomic mass is 10.0. The molecule has 1 heterocycles.